The second-order valence-electron chi connectivity index (χ2n) is 2.85. The molecule has 0 fully saturated rings. The first-order valence-electron chi connectivity index (χ1n) is 3.86. The molecule has 0 bridgehead atoms. The van der Waals surface area contributed by atoms with Crippen LogP contribution in [0.25, 0.3) is 0 Å². The lowest BCUT2D eigenvalue weighted by molar-refractivity contribution is 0.0978. The van der Waals surface area contributed by atoms with Crippen LogP contribution in [-0.4, -0.2) is 28.7 Å². The first-order valence-corrected chi connectivity index (χ1v) is 4.64. The summed E-state index contributed by atoms with van der Waals surface area (Å²) in [7, 11) is 2.00. The summed E-state index contributed by atoms with van der Waals surface area (Å²) in [6.07, 6.45) is 4.28. The second kappa shape index (κ2) is 2.95. The molecule has 0 spiro atoms. The molecule has 3 nitrogen and oxygen atoms in total. The van der Waals surface area contributed by atoms with Gasteiger partial charge in [-0.2, -0.15) is 0 Å². The van der Waals surface area contributed by atoms with Gasteiger partial charge in [-0.05, 0) is 19.0 Å². The molecular formula is C8H10N2OS. The van der Waals surface area contributed by atoms with Crippen LogP contribution in [0.2, 0.25) is 0 Å². The van der Waals surface area contributed by atoms with Crippen molar-refractivity contribution in [1.82, 2.24) is 9.29 Å². The van der Waals surface area contributed by atoms with E-state index in [0.717, 1.165) is 17.0 Å². The maximum absolute atomic E-state index is 11.5. The Morgan fingerprint density at radius 1 is 1.58 bits per heavy atom. The van der Waals surface area contributed by atoms with E-state index in [9.17, 15) is 4.79 Å². The number of carbonyl (C=O) groups excluding carboxylic acids is 1. The Kier molecular flexibility index (Phi) is 1.94. The molecule has 0 unspecified atom stereocenters. The third-order valence-electron chi connectivity index (χ3n) is 1.92. The van der Waals surface area contributed by atoms with E-state index < -0.39 is 0 Å². The molecule has 1 aliphatic heterocycles. The average molecular weight is 182 g/mol. The van der Waals surface area contributed by atoms with Gasteiger partial charge in [-0.15, -0.1) is 0 Å². The van der Waals surface area contributed by atoms with Crippen LogP contribution in [0.4, 0.5) is 0 Å². The molecule has 0 radical (unpaired) electrons. The van der Waals surface area contributed by atoms with E-state index in [4.69, 9.17) is 0 Å². The highest BCUT2D eigenvalue weighted by Crippen LogP contribution is 2.28. The van der Waals surface area contributed by atoms with Crippen molar-refractivity contribution in [3.63, 3.8) is 0 Å². The van der Waals surface area contributed by atoms with E-state index in [0.29, 0.717) is 6.42 Å². The Balaban J connectivity index is 2.38. The van der Waals surface area contributed by atoms with E-state index in [1.165, 1.54) is 0 Å². The number of aromatic amines is 1. The zero-order valence-electron chi connectivity index (χ0n) is 6.83. The number of hydrogen-bond donors (Lipinski definition) is 1. The molecule has 0 aliphatic carbocycles. The monoisotopic (exact) mass is 182 g/mol. The molecule has 0 saturated carbocycles. The molecule has 64 valence electrons. The lowest BCUT2D eigenvalue weighted by Gasteiger charge is -2.09. The summed E-state index contributed by atoms with van der Waals surface area (Å²) in [4.78, 5) is 15.4. The van der Waals surface area contributed by atoms with E-state index in [1.54, 1.807) is 18.1 Å². The zero-order chi connectivity index (χ0) is 8.55. The molecule has 1 aliphatic rings. The Bertz CT molecular complexity index is 308. The van der Waals surface area contributed by atoms with Crippen molar-refractivity contribution in [2.45, 2.75) is 11.3 Å². The van der Waals surface area contributed by atoms with Gasteiger partial charge in [0, 0.05) is 30.9 Å². The first-order chi connectivity index (χ1) is 5.77. The number of aromatic nitrogens is 1. The molecule has 12 heavy (non-hydrogen) atoms. The largest absolute Gasteiger partial charge is 0.366 e. The molecule has 0 amide bonds. The van der Waals surface area contributed by atoms with Crippen LogP contribution in [0.3, 0.4) is 0 Å². The van der Waals surface area contributed by atoms with Gasteiger partial charge < -0.3 is 4.98 Å². The maximum Gasteiger partial charge on any atom is 0.166 e. The number of carbonyl (C=O) groups is 1. The third kappa shape index (κ3) is 1.28. The first kappa shape index (κ1) is 7.89. The van der Waals surface area contributed by atoms with Crippen molar-refractivity contribution >= 4 is 17.7 Å². The Morgan fingerprint density at radius 3 is 3.25 bits per heavy atom. The lowest BCUT2D eigenvalue weighted by atomic mass is 10.2. The van der Waals surface area contributed by atoms with E-state index in [-0.39, 0.29) is 5.78 Å². The summed E-state index contributed by atoms with van der Waals surface area (Å²) >= 11 is 1.62. The quantitative estimate of drug-likeness (QED) is 0.618. The van der Waals surface area contributed by atoms with Gasteiger partial charge in [0.1, 0.15) is 0 Å². The van der Waals surface area contributed by atoms with Crippen LogP contribution in [0.5, 0.6) is 0 Å². The Hall–Kier alpha value is -0.740. The maximum atomic E-state index is 11.5. The normalized spacial score (nSPS) is 18.9. The molecular weight excluding hydrogens is 172 g/mol. The highest BCUT2D eigenvalue weighted by molar-refractivity contribution is 7.97. The van der Waals surface area contributed by atoms with Crippen LogP contribution < -0.4 is 0 Å². The van der Waals surface area contributed by atoms with E-state index >= 15 is 0 Å². The fraction of sp³-hybridized carbons (Fsp3) is 0.375. The van der Waals surface area contributed by atoms with Gasteiger partial charge in [0.05, 0.1) is 4.90 Å². The Labute approximate surface area is 75.3 Å². The van der Waals surface area contributed by atoms with Crippen LogP contribution in [0, 0.1) is 0 Å². The van der Waals surface area contributed by atoms with Gasteiger partial charge in [0.15, 0.2) is 5.78 Å². The van der Waals surface area contributed by atoms with Crippen molar-refractivity contribution in [3.05, 3.63) is 18.0 Å². The van der Waals surface area contributed by atoms with E-state index in [1.807, 2.05) is 13.2 Å². The van der Waals surface area contributed by atoms with Crippen molar-refractivity contribution < 1.29 is 4.79 Å². The highest BCUT2D eigenvalue weighted by Gasteiger charge is 2.18. The molecule has 2 rings (SSSR count). The fourth-order valence-electron chi connectivity index (χ4n) is 1.25. The lowest BCUT2D eigenvalue weighted by Crippen LogP contribution is -2.10. The topological polar surface area (TPSA) is 36.1 Å². The van der Waals surface area contributed by atoms with Crippen LogP contribution >= 0.6 is 11.9 Å². The smallest absolute Gasteiger partial charge is 0.166 e. The highest BCUT2D eigenvalue weighted by atomic mass is 32.2. The van der Waals surface area contributed by atoms with Gasteiger partial charge >= 0.3 is 0 Å². The predicted octanol–water partition coefficient (Wildman–Crippen LogP) is 1.54. The average Bonchev–Trinajstić information content (AvgIpc) is 2.44. The van der Waals surface area contributed by atoms with Crippen molar-refractivity contribution in [1.29, 1.82) is 0 Å². The SMILES string of the molecule is CN1CCC(=O)c2c[nH]cc2S1. The summed E-state index contributed by atoms with van der Waals surface area (Å²) in [5.41, 5.74) is 0.837. The van der Waals surface area contributed by atoms with Gasteiger partial charge in [-0.25, -0.2) is 4.31 Å². The summed E-state index contributed by atoms with van der Waals surface area (Å²) in [5.74, 6) is 0.239. The molecule has 0 saturated heterocycles. The predicted molar refractivity (Wildman–Crippen MR) is 48.2 cm³/mol. The summed E-state index contributed by atoms with van der Waals surface area (Å²) < 4.78 is 2.08. The van der Waals surface area contributed by atoms with Crippen molar-refractivity contribution in [2.24, 2.45) is 0 Å². The molecule has 0 aromatic carbocycles. The number of hydrogen-bond acceptors (Lipinski definition) is 3. The standard InChI is InChI=1S/C8H10N2OS/c1-10-3-2-7(11)6-4-9-5-8(6)12-10/h4-5,9H,2-3H2,1H3. The minimum Gasteiger partial charge on any atom is -0.366 e. The van der Waals surface area contributed by atoms with E-state index in [2.05, 4.69) is 9.29 Å². The minimum absolute atomic E-state index is 0.239. The van der Waals surface area contributed by atoms with Gasteiger partial charge in [-0.3, -0.25) is 4.79 Å². The van der Waals surface area contributed by atoms with Crippen LogP contribution in [0.15, 0.2) is 17.3 Å². The molecule has 1 aromatic rings. The van der Waals surface area contributed by atoms with Crippen molar-refractivity contribution in [2.75, 3.05) is 13.6 Å². The zero-order valence-corrected chi connectivity index (χ0v) is 7.65. The number of ketones is 1. The Morgan fingerprint density at radius 2 is 2.42 bits per heavy atom. The number of fused-ring (bicyclic) bond motifs is 1. The minimum atomic E-state index is 0.239. The molecule has 2 heterocycles. The number of rotatable bonds is 0. The molecule has 0 atom stereocenters. The number of Topliss-reactive ketones (excluding diaryl/α,β-unsaturated/α-hetero) is 1. The summed E-state index contributed by atoms with van der Waals surface area (Å²) in [6, 6.07) is 0. The van der Waals surface area contributed by atoms with Crippen LogP contribution in [0.1, 0.15) is 16.8 Å². The van der Waals surface area contributed by atoms with Crippen molar-refractivity contribution in [3.8, 4) is 0 Å². The third-order valence-corrected chi connectivity index (χ3v) is 2.94. The summed E-state index contributed by atoms with van der Waals surface area (Å²) in [6.45, 7) is 0.832. The molecule has 1 aromatic heterocycles. The fourth-order valence-corrected chi connectivity index (χ4v) is 2.16. The van der Waals surface area contributed by atoms with Crippen LogP contribution in [-0.2, 0) is 0 Å². The van der Waals surface area contributed by atoms with Gasteiger partial charge in [0.2, 0.25) is 0 Å². The summed E-state index contributed by atoms with van der Waals surface area (Å²) in [5, 5.41) is 0. The molecule has 4 heteroatoms. The number of H-pyrrole nitrogens is 1. The number of nitrogens with zero attached hydrogens (tertiary/aromatic N) is 1. The number of nitrogens with one attached hydrogen (secondary N) is 1. The van der Waals surface area contributed by atoms with Gasteiger partial charge in [0.25, 0.3) is 0 Å². The van der Waals surface area contributed by atoms with Gasteiger partial charge in [-0.1, -0.05) is 0 Å². The second-order valence-corrected chi connectivity index (χ2v) is 4.09. The molecule has 1 N–H and O–H groups in total.